The van der Waals surface area contributed by atoms with E-state index in [0.29, 0.717) is 18.8 Å². The Morgan fingerprint density at radius 1 is 1.03 bits per heavy atom. The number of ether oxygens (including phenoxy) is 3. The summed E-state index contributed by atoms with van der Waals surface area (Å²) < 4.78 is 49.2. The van der Waals surface area contributed by atoms with E-state index in [1.807, 2.05) is 0 Å². The highest BCUT2D eigenvalue weighted by Gasteiger charge is 2.24. The first-order valence-corrected chi connectivity index (χ1v) is 11.3. The highest BCUT2D eigenvalue weighted by molar-refractivity contribution is 6.06. The van der Waals surface area contributed by atoms with Crippen LogP contribution in [0.5, 0.6) is 17.6 Å². The number of nitrogens with one attached hydrogen (secondary N) is 2. The van der Waals surface area contributed by atoms with Gasteiger partial charge in [0.25, 0.3) is 11.8 Å². The Bertz CT molecular complexity index is 1490. The summed E-state index contributed by atoms with van der Waals surface area (Å²) in [5.41, 5.74) is 0.488. The third-order valence-corrected chi connectivity index (χ3v) is 5.46. The lowest BCUT2D eigenvalue weighted by Crippen LogP contribution is -2.48. The van der Waals surface area contributed by atoms with E-state index in [4.69, 9.17) is 18.6 Å². The van der Waals surface area contributed by atoms with Crippen LogP contribution < -0.4 is 20.1 Å². The number of anilines is 1. The monoisotopic (exact) mass is 522 g/mol. The van der Waals surface area contributed by atoms with Gasteiger partial charge in [-0.1, -0.05) is 0 Å². The highest BCUT2D eigenvalue weighted by atomic mass is 19.1. The molecule has 0 spiro atoms. The van der Waals surface area contributed by atoms with Gasteiger partial charge in [-0.25, -0.2) is 8.78 Å². The summed E-state index contributed by atoms with van der Waals surface area (Å²) in [4.78, 5) is 33.3. The van der Waals surface area contributed by atoms with Crippen molar-refractivity contribution in [3.63, 3.8) is 0 Å². The SMILES string of the molecule is COc1nc(C(=O)Nc2ccc(Oc3ccnc(C(=O)NC4COC4)c3)c(F)c2)c(-c2ccc(F)cc2)o1. The first-order valence-electron chi connectivity index (χ1n) is 11.3. The van der Waals surface area contributed by atoms with Crippen LogP contribution in [0, 0.1) is 11.6 Å². The van der Waals surface area contributed by atoms with Crippen LogP contribution >= 0.6 is 0 Å². The van der Waals surface area contributed by atoms with Gasteiger partial charge < -0.3 is 29.3 Å². The van der Waals surface area contributed by atoms with Gasteiger partial charge >= 0.3 is 6.08 Å². The lowest BCUT2D eigenvalue weighted by Gasteiger charge is -2.26. The topological polar surface area (TPSA) is 125 Å². The van der Waals surface area contributed by atoms with Gasteiger partial charge in [0, 0.05) is 29.6 Å². The van der Waals surface area contributed by atoms with E-state index in [1.54, 1.807) is 0 Å². The fourth-order valence-electron chi connectivity index (χ4n) is 3.49. The molecule has 2 aromatic heterocycles. The maximum absolute atomic E-state index is 14.8. The van der Waals surface area contributed by atoms with Crippen molar-refractivity contribution in [2.24, 2.45) is 0 Å². The van der Waals surface area contributed by atoms with Crippen molar-refractivity contribution in [3.05, 3.63) is 83.8 Å². The molecule has 3 heterocycles. The van der Waals surface area contributed by atoms with Crippen molar-refractivity contribution in [3.8, 4) is 28.9 Å². The van der Waals surface area contributed by atoms with Crippen molar-refractivity contribution < 1.29 is 37.0 Å². The molecule has 1 fully saturated rings. The number of amides is 2. The fourth-order valence-corrected chi connectivity index (χ4v) is 3.49. The van der Waals surface area contributed by atoms with Crippen molar-refractivity contribution in [2.75, 3.05) is 25.6 Å². The molecule has 38 heavy (non-hydrogen) atoms. The van der Waals surface area contributed by atoms with Gasteiger partial charge in [-0.3, -0.25) is 14.6 Å². The highest BCUT2D eigenvalue weighted by Crippen LogP contribution is 2.30. The molecule has 10 nitrogen and oxygen atoms in total. The van der Waals surface area contributed by atoms with Crippen LogP contribution in [0.2, 0.25) is 0 Å². The molecule has 0 bridgehead atoms. The maximum atomic E-state index is 14.8. The fraction of sp³-hybridized carbons (Fsp3) is 0.154. The average molecular weight is 522 g/mol. The Kier molecular flexibility index (Phi) is 6.96. The minimum atomic E-state index is -0.770. The van der Waals surface area contributed by atoms with Crippen molar-refractivity contribution in [1.82, 2.24) is 15.3 Å². The summed E-state index contributed by atoms with van der Waals surface area (Å²) in [6.45, 7) is 0.877. The summed E-state index contributed by atoms with van der Waals surface area (Å²) in [7, 11) is 1.32. The van der Waals surface area contributed by atoms with Crippen LogP contribution in [0.25, 0.3) is 11.3 Å². The molecule has 12 heteroatoms. The van der Waals surface area contributed by atoms with Crippen molar-refractivity contribution >= 4 is 17.5 Å². The smallest absolute Gasteiger partial charge is 0.394 e. The standard InChI is InChI=1S/C26H20F2N4O6/c1-35-26-32-22(23(38-26)14-2-4-15(27)5-3-14)25(34)30-16-6-7-21(19(28)10-16)37-18-8-9-29-20(11-18)24(33)31-17-12-36-13-17/h2-11,17H,12-13H2,1H3,(H,30,34)(H,31,33). The number of carbonyl (C=O) groups is 2. The second-order valence-corrected chi connectivity index (χ2v) is 8.15. The van der Waals surface area contributed by atoms with Gasteiger partial charge in [-0.15, -0.1) is 0 Å². The van der Waals surface area contributed by atoms with E-state index in [2.05, 4.69) is 20.6 Å². The number of nitrogens with zero attached hydrogens (tertiary/aromatic N) is 2. The minimum Gasteiger partial charge on any atom is -0.454 e. The number of pyridine rings is 1. The van der Waals surface area contributed by atoms with Crippen LogP contribution in [0.1, 0.15) is 21.0 Å². The Morgan fingerprint density at radius 2 is 1.82 bits per heavy atom. The third kappa shape index (κ3) is 5.44. The molecule has 1 aliphatic rings. The summed E-state index contributed by atoms with van der Waals surface area (Å²) >= 11 is 0. The number of rotatable bonds is 8. The molecule has 1 aliphatic heterocycles. The number of aromatic nitrogens is 2. The van der Waals surface area contributed by atoms with E-state index >= 15 is 0 Å². The van der Waals surface area contributed by atoms with Crippen LogP contribution in [0.3, 0.4) is 0 Å². The van der Waals surface area contributed by atoms with Crippen LogP contribution in [-0.2, 0) is 4.74 Å². The first-order chi connectivity index (χ1) is 18.4. The predicted octanol–water partition coefficient (Wildman–Crippen LogP) is 4.20. The molecule has 0 radical (unpaired) electrons. The zero-order valence-corrected chi connectivity index (χ0v) is 19.9. The Morgan fingerprint density at radius 3 is 2.50 bits per heavy atom. The number of benzene rings is 2. The molecule has 0 aliphatic carbocycles. The molecular weight excluding hydrogens is 502 g/mol. The summed E-state index contributed by atoms with van der Waals surface area (Å²) in [5.74, 6) is -2.21. The second kappa shape index (κ2) is 10.6. The van der Waals surface area contributed by atoms with Gasteiger partial charge in [0.05, 0.1) is 26.4 Å². The summed E-state index contributed by atoms with van der Waals surface area (Å²) in [6.07, 6.45) is 1.20. The number of carbonyl (C=O) groups excluding carboxylic acids is 2. The van der Waals surface area contributed by atoms with Crippen molar-refractivity contribution in [1.29, 1.82) is 0 Å². The maximum Gasteiger partial charge on any atom is 0.394 e. The molecule has 0 atom stereocenters. The molecule has 5 rings (SSSR count). The van der Waals surface area contributed by atoms with Crippen LogP contribution in [0.4, 0.5) is 14.5 Å². The third-order valence-electron chi connectivity index (χ3n) is 5.46. The Balaban J connectivity index is 1.30. The molecule has 0 saturated carbocycles. The van der Waals surface area contributed by atoms with E-state index in [0.717, 1.165) is 6.07 Å². The first kappa shape index (κ1) is 24.8. The molecule has 4 aromatic rings. The molecular formula is C26H20F2N4O6. The number of halogens is 2. The zero-order chi connectivity index (χ0) is 26.6. The van der Waals surface area contributed by atoms with Gasteiger partial charge in [-0.2, -0.15) is 4.98 Å². The normalized spacial score (nSPS) is 12.9. The minimum absolute atomic E-state index is 0.0575. The lowest BCUT2D eigenvalue weighted by molar-refractivity contribution is -0.00355. The van der Waals surface area contributed by atoms with E-state index < -0.39 is 23.4 Å². The number of hydrogen-bond donors (Lipinski definition) is 2. The quantitative estimate of drug-likeness (QED) is 0.353. The summed E-state index contributed by atoms with van der Waals surface area (Å²) in [5, 5.41) is 5.31. The van der Waals surface area contributed by atoms with Gasteiger partial charge in [0.1, 0.15) is 17.3 Å². The van der Waals surface area contributed by atoms with Gasteiger partial charge in [0.2, 0.25) is 0 Å². The molecule has 0 unspecified atom stereocenters. The zero-order valence-electron chi connectivity index (χ0n) is 19.9. The lowest BCUT2D eigenvalue weighted by atomic mass is 10.1. The number of hydrogen-bond acceptors (Lipinski definition) is 8. The van der Waals surface area contributed by atoms with Crippen LogP contribution in [0.15, 0.2) is 65.2 Å². The van der Waals surface area contributed by atoms with Crippen LogP contribution in [-0.4, -0.2) is 48.1 Å². The number of methoxy groups -OCH3 is 1. The molecule has 2 aromatic carbocycles. The van der Waals surface area contributed by atoms with E-state index in [-0.39, 0.29) is 46.5 Å². The van der Waals surface area contributed by atoms with E-state index in [1.165, 1.54) is 61.8 Å². The number of oxazole rings is 1. The predicted molar refractivity (Wildman–Crippen MR) is 129 cm³/mol. The molecule has 2 N–H and O–H groups in total. The largest absolute Gasteiger partial charge is 0.454 e. The van der Waals surface area contributed by atoms with E-state index in [9.17, 15) is 18.4 Å². The average Bonchev–Trinajstić information content (AvgIpc) is 3.33. The second-order valence-electron chi connectivity index (χ2n) is 8.15. The Hall–Kier alpha value is -4.84. The summed E-state index contributed by atoms with van der Waals surface area (Å²) in [6, 6.07) is 11.9. The molecule has 2 amide bonds. The van der Waals surface area contributed by atoms with Crippen molar-refractivity contribution in [2.45, 2.75) is 6.04 Å². The Labute approximate surface area is 214 Å². The molecule has 194 valence electrons. The van der Waals surface area contributed by atoms with Gasteiger partial charge in [-0.05, 0) is 42.5 Å². The molecule has 1 saturated heterocycles. The van der Waals surface area contributed by atoms with Gasteiger partial charge in [0.15, 0.2) is 23.0 Å².